The van der Waals surface area contributed by atoms with Gasteiger partial charge in [0.05, 0.1) is 6.54 Å². The minimum atomic E-state index is -0.217. The van der Waals surface area contributed by atoms with E-state index in [0.29, 0.717) is 5.56 Å². The van der Waals surface area contributed by atoms with Crippen LogP contribution in [0.5, 0.6) is 0 Å². The number of carbonyl (C=O) groups excluding carboxylic acids is 2. The Morgan fingerprint density at radius 1 is 0.885 bits per heavy atom. The van der Waals surface area contributed by atoms with E-state index in [1.807, 2.05) is 47.4 Å². The van der Waals surface area contributed by atoms with Crippen LogP contribution in [0, 0.1) is 0 Å². The maximum Gasteiger partial charge on any atom is 0.251 e. The first kappa shape index (κ1) is 18.1. The molecule has 2 aromatic carbocycles. The summed E-state index contributed by atoms with van der Waals surface area (Å²) in [6.07, 6.45) is 0. The third-order valence-electron chi connectivity index (χ3n) is 4.83. The Kier molecular flexibility index (Phi) is 6.02. The molecule has 0 aliphatic carbocycles. The average molecular weight is 351 g/mol. The number of hydrogen-bond acceptors (Lipinski definition) is 3. The van der Waals surface area contributed by atoms with Crippen LogP contribution in [0.1, 0.15) is 17.3 Å². The topological polar surface area (TPSA) is 52.6 Å². The Bertz CT molecular complexity index is 736. The first-order valence-electron chi connectivity index (χ1n) is 9.11. The number of likely N-dealkylation sites (N-methyl/N-ethyl adjacent to an activating group) is 1. The lowest BCUT2D eigenvalue weighted by Crippen LogP contribution is -2.51. The van der Waals surface area contributed by atoms with Crippen LogP contribution < -0.4 is 5.32 Å². The average Bonchev–Trinajstić information content (AvgIpc) is 2.72. The van der Waals surface area contributed by atoms with Crippen LogP contribution in [-0.4, -0.2) is 60.9 Å². The van der Waals surface area contributed by atoms with Crippen LogP contribution in [0.3, 0.4) is 0 Å². The number of carbonyl (C=O) groups is 2. The van der Waals surface area contributed by atoms with Crippen LogP contribution >= 0.6 is 0 Å². The highest BCUT2D eigenvalue weighted by Gasteiger charge is 2.20. The van der Waals surface area contributed by atoms with Gasteiger partial charge in [-0.3, -0.25) is 9.59 Å². The van der Waals surface area contributed by atoms with Crippen molar-refractivity contribution in [2.75, 3.05) is 39.3 Å². The van der Waals surface area contributed by atoms with Crippen molar-refractivity contribution in [3.8, 4) is 11.1 Å². The zero-order valence-corrected chi connectivity index (χ0v) is 15.1. The number of nitrogens with one attached hydrogen (secondary N) is 1. The summed E-state index contributed by atoms with van der Waals surface area (Å²) in [5, 5.41) is 2.74. The number of hydrogen-bond donors (Lipinski definition) is 1. The summed E-state index contributed by atoms with van der Waals surface area (Å²) in [6, 6.07) is 17.5. The summed E-state index contributed by atoms with van der Waals surface area (Å²) < 4.78 is 0. The third kappa shape index (κ3) is 4.49. The van der Waals surface area contributed by atoms with Crippen molar-refractivity contribution in [3.63, 3.8) is 0 Å². The maximum absolute atomic E-state index is 12.3. The molecular weight excluding hydrogens is 326 g/mol. The zero-order chi connectivity index (χ0) is 18.4. The molecule has 2 aromatic rings. The standard InChI is InChI=1S/C21H25N3O2/c1-2-23-12-14-24(15-13-23)20(25)16-22-21(26)19-10-8-18(9-11-19)17-6-4-3-5-7-17/h3-11H,2,12-16H2,1H3,(H,22,26). The monoisotopic (exact) mass is 351 g/mol. The minimum Gasteiger partial charge on any atom is -0.343 e. The molecule has 0 saturated carbocycles. The fourth-order valence-electron chi connectivity index (χ4n) is 3.13. The van der Waals surface area contributed by atoms with Crippen molar-refractivity contribution in [2.45, 2.75) is 6.92 Å². The fourth-order valence-corrected chi connectivity index (χ4v) is 3.13. The van der Waals surface area contributed by atoms with Gasteiger partial charge in [-0.05, 0) is 29.8 Å². The Balaban J connectivity index is 1.51. The lowest BCUT2D eigenvalue weighted by atomic mass is 10.0. The van der Waals surface area contributed by atoms with E-state index in [-0.39, 0.29) is 18.4 Å². The van der Waals surface area contributed by atoms with Crippen molar-refractivity contribution < 1.29 is 9.59 Å². The summed E-state index contributed by atoms with van der Waals surface area (Å²) in [4.78, 5) is 28.7. The lowest BCUT2D eigenvalue weighted by Gasteiger charge is -2.34. The predicted molar refractivity (Wildman–Crippen MR) is 103 cm³/mol. The molecule has 5 heteroatoms. The van der Waals surface area contributed by atoms with E-state index in [2.05, 4.69) is 17.1 Å². The van der Waals surface area contributed by atoms with Crippen molar-refractivity contribution in [1.82, 2.24) is 15.1 Å². The molecule has 1 fully saturated rings. The molecule has 2 amide bonds. The molecule has 0 atom stereocenters. The number of piperazine rings is 1. The molecule has 0 aromatic heterocycles. The molecular formula is C21H25N3O2. The van der Waals surface area contributed by atoms with Gasteiger partial charge in [-0.25, -0.2) is 0 Å². The van der Waals surface area contributed by atoms with Crippen LogP contribution in [-0.2, 0) is 4.79 Å². The molecule has 1 saturated heterocycles. The highest BCUT2D eigenvalue weighted by Crippen LogP contribution is 2.19. The van der Waals surface area contributed by atoms with Gasteiger partial charge in [0.1, 0.15) is 0 Å². The van der Waals surface area contributed by atoms with Crippen LogP contribution in [0.2, 0.25) is 0 Å². The van der Waals surface area contributed by atoms with E-state index >= 15 is 0 Å². The summed E-state index contributed by atoms with van der Waals surface area (Å²) in [5.41, 5.74) is 2.74. The maximum atomic E-state index is 12.3. The second kappa shape index (κ2) is 8.63. The summed E-state index contributed by atoms with van der Waals surface area (Å²) >= 11 is 0. The Hall–Kier alpha value is -2.66. The number of nitrogens with zero attached hydrogens (tertiary/aromatic N) is 2. The van der Waals surface area contributed by atoms with Crippen molar-refractivity contribution >= 4 is 11.8 Å². The summed E-state index contributed by atoms with van der Waals surface area (Å²) in [7, 11) is 0. The van der Waals surface area contributed by atoms with Gasteiger partial charge in [0.2, 0.25) is 5.91 Å². The van der Waals surface area contributed by atoms with E-state index in [4.69, 9.17) is 0 Å². The second-order valence-electron chi connectivity index (χ2n) is 6.44. The normalized spacial score (nSPS) is 14.9. The Morgan fingerprint density at radius 3 is 2.12 bits per heavy atom. The molecule has 1 aliphatic heterocycles. The largest absolute Gasteiger partial charge is 0.343 e. The molecule has 5 nitrogen and oxygen atoms in total. The van der Waals surface area contributed by atoms with E-state index in [9.17, 15) is 9.59 Å². The van der Waals surface area contributed by atoms with Gasteiger partial charge in [0.25, 0.3) is 5.91 Å². The zero-order valence-electron chi connectivity index (χ0n) is 15.1. The van der Waals surface area contributed by atoms with Gasteiger partial charge in [0.15, 0.2) is 0 Å². The molecule has 0 spiro atoms. The van der Waals surface area contributed by atoms with E-state index in [0.717, 1.165) is 43.9 Å². The Morgan fingerprint density at radius 2 is 1.50 bits per heavy atom. The molecule has 136 valence electrons. The summed E-state index contributed by atoms with van der Waals surface area (Å²) in [6.45, 7) is 6.45. The van der Waals surface area contributed by atoms with Gasteiger partial charge in [-0.2, -0.15) is 0 Å². The first-order valence-corrected chi connectivity index (χ1v) is 9.11. The molecule has 1 N–H and O–H groups in total. The minimum absolute atomic E-state index is 0.0185. The molecule has 1 heterocycles. The van der Waals surface area contributed by atoms with Gasteiger partial charge in [-0.15, -0.1) is 0 Å². The van der Waals surface area contributed by atoms with Gasteiger partial charge in [-0.1, -0.05) is 49.4 Å². The van der Waals surface area contributed by atoms with Gasteiger partial charge < -0.3 is 15.1 Å². The lowest BCUT2D eigenvalue weighted by molar-refractivity contribution is -0.131. The van der Waals surface area contributed by atoms with Crippen molar-refractivity contribution in [2.24, 2.45) is 0 Å². The van der Waals surface area contributed by atoms with Gasteiger partial charge in [0, 0.05) is 31.7 Å². The second-order valence-corrected chi connectivity index (χ2v) is 6.44. The number of benzene rings is 2. The smallest absolute Gasteiger partial charge is 0.251 e. The molecule has 3 rings (SSSR count). The summed E-state index contributed by atoms with van der Waals surface area (Å²) in [5.74, 6) is -0.236. The highest BCUT2D eigenvalue weighted by molar-refractivity contribution is 5.96. The van der Waals surface area contributed by atoms with Crippen LogP contribution in [0.15, 0.2) is 54.6 Å². The van der Waals surface area contributed by atoms with Crippen LogP contribution in [0.25, 0.3) is 11.1 Å². The van der Waals surface area contributed by atoms with Crippen molar-refractivity contribution in [1.29, 1.82) is 0 Å². The molecule has 26 heavy (non-hydrogen) atoms. The fraction of sp³-hybridized carbons (Fsp3) is 0.333. The highest BCUT2D eigenvalue weighted by atomic mass is 16.2. The van der Waals surface area contributed by atoms with E-state index in [1.165, 1.54) is 0 Å². The molecule has 0 bridgehead atoms. The number of rotatable bonds is 5. The van der Waals surface area contributed by atoms with E-state index < -0.39 is 0 Å². The van der Waals surface area contributed by atoms with Crippen LogP contribution in [0.4, 0.5) is 0 Å². The SMILES string of the molecule is CCN1CCN(C(=O)CNC(=O)c2ccc(-c3ccccc3)cc2)CC1. The predicted octanol–water partition coefficient (Wildman–Crippen LogP) is 2.25. The molecule has 0 unspecified atom stereocenters. The number of amides is 2. The third-order valence-corrected chi connectivity index (χ3v) is 4.83. The van der Waals surface area contributed by atoms with Gasteiger partial charge >= 0.3 is 0 Å². The van der Waals surface area contributed by atoms with Crippen molar-refractivity contribution in [3.05, 3.63) is 60.2 Å². The molecule has 1 aliphatic rings. The van der Waals surface area contributed by atoms with E-state index in [1.54, 1.807) is 12.1 Å². The Labute approximate surface area is 154 Å². The molecule has 0 radical (unpaired) electrons. The first-order chi connectivity index (χ1) is 12.7. The quantitative estimate of drug-likeness (QED) is 0.899.